The number of hydrogen-bond acceptors (Lipinski definition) is 6. The fourth-order valence-electron chi connectivity index (χ4n) is 1.68. The van der Waals surface area contributed by atoms with Gasteiger partial charge in [0.1, 0.15) is 11.8 Å². The summed E-state index contributed by atoms with van der Waals surface area (Å²) in [7, 11) is 0. The van der Waals surface area contributed by atoms with Crippen molar-refractivity contribution in [3.8, 4) is 0 Å². The van der Waals surface area contributed by atoms with Crippen LogP contribution in [0.25, 0.3) is 0 Å². The second-order valence-electron chi connectivity index (χ2n) is 3.85. The lowest BCUT2D eigenvalue weighted by atomic mass is 10.3. The van der Waals surface area contributed by atoms with Crippen molar-refractivity contribution in [3.63, 3.8) is 0 Å². The Hall–Kier alpha value is -2.33. The van der Waals surface area contributed by atoms with Crippen LogP contribution in [0.2, 0.25) is 0 Å². The standard InChI is InChI=1S/C10H10F2N4O4/c11-6-5(2-17)20-9(7(6)12)16-1-4(14-3-18)8(13)15-10(16)19/h1,3,5,9,17H,2H2,(H,14,18)(H2,13,15,19)/t5-,9-/m1/s1. The highest BCUT2D eigenvalue weighted by molar-refractivity contribution is 5.76. The number of hydrogen-bond donors (Lipinski definition) is 3. The van der Waals surface area contributed by atoms with E-state index in [9.17, 15) is 18.4 Å². The van der Waals surface area contributed by atoms with E-state index in [2.05, 4.69) is 10.3 Å². The second-order valence-corrected chi connectivity index (χ2v) is 3.85. The third-order valence-corrected chi connectivity index (χ3v) is 2.63. The van der Waals surface area contributed by atoms with Gasteiger partial charge in [0, 0.05) is 6.20 Å². The maximum atomic E-state index is 13.7. The van der Waals surface area contributed by atoms with Crippen LogP contribution in [0.1, 0.15) is 6.23 Å². The van der Waals surface area contributed by atoms with E-state index in [0.717, 1.165) is 6.20 Å². The molecule has 1 aromatic heterocycles. The summed E-state index contributed by atoms with van der Waals surface area (Å²) in [6, 6.07) is 0. The fourth-order valence-corrected chi connectivity index (χ4v) is 1.68. The molecule has 0 aliphatic carbocycles. The Labute approximate surface area is 110 Å². The van der Waals surface area contributed by atoms with Crippen LogP contribution in [0, 0.1) is 0 Å². The maximum absolute atomic E-state index is 13.7. The lowest BCUT2D eigenvalue weighted by Gasteiger charge is -2.16. The molecule has 0 spiro atoms. The molecule has 0 unspecified atom stereocenters. The van der Waals surface area contributed by atoms with Crippen LogP contribution >= 0.6 is 0 Å². The SMILES string of the molecule is Nc1nc(=O)n([C@@H]2O[C@H](CO)C(F)=C2F)cc1NC=O. The van der Waals surface area contributed by atoms with Crippen LogP contribution in [0.5, 0.6) is 0 Å². The summed E-state index contributed by atoms with van der Waals surface area (Å²) >= 11 is 0. The van der Waals surface area contributed by atoms with Crippen molar-refractivity contribution in [2.24, 2.45) is 0 Å². The number of rotatable bonds is 4. The molecule has 10 heteroatoms. The highest BCUT2D eigenvalue weighted by Crippen LogP contribution is 2.35. The number of aliphatic hydroxyl groups excluding tert-OH is 1. The molecule has 0 fully saturated rings. The topological polar surface area (TPSA) is 119 Å². The van der Waals surface area contributed by atoms with E-state index in [1.807, 2.05) is 0 Å². The third kappa shape index (κ3) is 2.26. The van der Waals surface area contributed by atoms with Gasteiger partial charge in [0.05, 0.1) is 6.61 Å². The van der Waals surface area contributed by atoms with Gasteiger partial charge in [-0.05, 0) is 0 Å². The lowest BCUT2D eigenvalue weighted by molar-refractivity contribution is -0.105. The summed E-state index contributed by atoms with van der Waals surface area (Å²) in [5.41, 5.74) is 4.32. The molecule has 0 aromatic carbocycles. The minimum Gasteiger partial charge on any atom is -0.393 e. The van der Waals surface area contributed by atoms with Crippen LogP contribution in [0.3, 0.4) is 0 Å². The second kappa shape index (κ2) is 5.35. The maximum Gasteiger partial charge on any atom is 0.352 e. The average Bonchev–Trinajstić information content (AvgIpc) is 2.70. The van der Waals surface area contributed by atoms with E-state index in [0.29, 0.717) is 4.57 Å². The number of nitrogen functional groups attached to an aromatic ring is 1. The first-order valence-electron chi connectivity index (χ1n) is 5.39. The summed E-state index contributed by atoms with van der Waals surface area (Å²) in [6.45, 7) is -0.785. The van der Waals surface area contributed by atoms with Gasteiger partial charge in [-0.1, -0.05) is 0 Å². The van der Waals surface area contributed by atoms with E-state index >= 15 is 0 Å². The minimum atomic E-state index is -1.71. The van der Waals surface area contributed by atoms with Crippen LogP contribution in [0.4, 0.5) is 20.3 Å². The van der Waals surface area contributed by atoms with E-state index in [-0.39, 0.29) is 17.9 Å². The van der Waals surface area contributed by atoms with Gasteiger partial charge in [-0.15, -0.1) is 0 Å². The first kappa shape index (κ1) is 14.1. The molecule has 4 N–H and O–H groups in total. The average molecular weight is 288 g/mol. The zero-order chi connectivity index (χ0) is 14.9. The van der Waals surface area contributed by atoms with Crippen LogP contribution in [-0.4, -0.2) is 33.8 Å². The van der Waals surface area contributed by atoms with Crippen LogP contribution < -0.4 is 16.7 Å². The van der Waals surface area contributed by atoms with Gasteiger partial charge in [0.25, 0.3) is 0 Å². The molecule has 2 heterocycles. The number of nitrogens with one attached hydrogen (secondary N) is 1. The summed E-state index contributed by atoms with van der Waals surface area (Å²) in [5, 5.41) is 11.0. The highest BCUT2D eigenvalue weighted by atomic mass is 19.2. The Kier molecular flexibility index (Phi) is 3.77. The van der Waals surface area contributed by atoms with Crippen molar-refractivity contribution in [2.75, 3.05) is 17.7 Å². The summed E-state index contributed by atoms with van der Waals surface area (Å²) in [4.78, 5) is 25.4. The number of aliphatic hydroxyl groups is 1. The number of anilines is 2. The van der Waals surface area contributed by atoms with E-state index < -0.39 is 36.3 Å². The molecule has 0 saturated heterocycles. The van der Waals surface area contributed by atoms with Gasteiger partial charge in [0.15, 0.2) is 23.7 Å². The first-order chi connectivity index (χ1) is 9.49. The van der Waals surface area contributed by atoms with Gasteiger partial charge in [0.2, 0.25) is 6.41 Å². The smallest absolute Gasteiger partial charge is 0.352 e. The molecule has 20 heavy (non-hydrogen) atoms. The minimum absolute atomic E-state index is 0.0659. The van der Waals surface area contributed by atoms with Crippen molar-refractivity contribution in [3.05, 3.63) is 28.3 Å². The molecular weight excluding hydrogens is 278 g/mol. The molecular formula is C10H10F2N4O4. The van der Waals surface area contributed by atoms with Gasteiger partial charge >= 0.3 is 5.69 Å². The first-order valence-corrected chi connectivity index (χ1v) is 5.39. The predicted molar refractivity (Wildman–Crippen MR) is 62.8 cm³/mol. The Morgan fingerprint density at radius 2 is 2.25 bits per heavy atom. The van der Waals surface area contributed by atoms with E-state index in [1.54, 1.807) is 0 Å². The molecule has 1 aromatic rings. The number of halogens is 2. The fraction of sp³-hybridized carbons (Fsp3) is 0.300. The molecule has 2 rings (SSSR count). The molecule has 108 valence electrons. The lowest BCUT2D eigenvalue weighted by Crippen LogP contribution is -2.30. The van der Waals surface area contributed by atoms with Gasteiger partial charge in [-0.2, -0.15) is 4.98 Å². The van der Waals surface area contributed by atoms with Crippen molar-refractivity contribution >= 4 is 17.9 Å². The Morgan fingerprint density at radius 3 is 2.80 bits per heavy atom. The van der Waals surface area contributed by atoms with Crippen molar-refractivity contribution in [1.29, 1.82) is 0 Å². The zero-order valence-corrected chi connectivity index (χ0v) is 9.92. The number of nitrogens with zero attached hydrogens (tertiary/aromatic N) is 2. The molecule has 1 amide bonds. The Bertz CT molecular complexity index is 630. The zero-order valence-electron chi connectivity index (χ0n) is 9.92. The molecule has 0 saturated carbocycles. The van der Waals surface area contributed by atoms with Crippen molar-refractivity contribution in [1.82, 2.24) is 9.55 Å². The summed E-state index contributed by atoms with van der Waals surface area (Å²) < 4.78 is 32.5. The number of carbonyl (C=O) groups excluding carboxylic acids is 1. The number of aromatic nitrogens is 2. The Balaban J connectivity index is 2.46. The monoisotopic (exact) mass is 288 g/mol. The van der Waals surface area contributed by atoms with E-state index in [4.69, 9.17) is 15.6 Å². The Morgan fingerprint density at radius 1 is 1.55 bits per heavy atom. The van der Waals surface area contributed by atoms with Crippen LogP contribution in [0.15, 0.2) is 22.6 Å². The van der Waals surface area contributed by atoms with E-state index in [1.165, 1.54) is 0 Å². The normalized spacial score (nSPS) is 22.1. The molecule has 0 bridgehead atoms. The van der Waals surface area contributed by atoms with Gasteiger partial charge in [-0.25, -0.2) is 13.6 Å². The number of amides is 1. The van der Waals surface area contributed by atoms with Gasteiger partial charge < -0.3 is 20.9 Å². The molecule has 1 aliphatic heterocycles. The quantitative estimate of drug-likeness (QED) is 0.638. The number of carbonyl (C=O) groups is 1. The van der Waals surface area contributed by atoms with Crippen molar-refractivity contribution < 1.29 is 23.4 Å². The molecule has 8 nitrogen and oxygen atoms in total. The van der Waals surface area contributed by atoms with Crippen molar-refractivity contribution in [2.45, 2.75) is 12.3 Å². The molecule has 0 radical (unpaired) electrons. The van der Waals surface area contributed by atoms with Crippen LogP contribution in [-0.2, 0) is 9.53 Å². The number of ether oxygens (including phenoxy) is 1. The highest BCUT2D eigenvalue weighted by Gasteiger charge is 2.37. The molecule has 2 atom stereocenters. The summed E-state index contributed by atoms with van der Waals surface area (Å²) in [6.07, 6.45) is -1.95. The largest absolute Gasteiger partial charge is 0.393 e. The van der Waals surface area contributed by atoms with Gasteiger partial charge in [-0.3, -0.25) is 9.36 Å². The number of nitrogens with two attached hydrogens (primary N) is 1. The third-order valence-electron chi connectivity index (χ3n) is 2.63. The molecule has 1 aliphatic rings. The summed E-state index contributed by atoms with van der Waals surface area (Å²) in [5.74, 6) is -2.93. The predicted octanol–water partition coefficient (Wildman–Crippen LogP) is -0.566.